The average Bonchev–Trinajstić information content (AvgIpc) is 1.77. The van der Waals surface area contributed by atoms with Crippen LogP contribution in [-0.4, -0.2) is 25.3 Å². The summed E-state index contributed by atoms with van der Waals surface area (Å²) < 4.78 is 5.05. The van der Waals surface area contributed by atoms with Crippen molar-refractivity contribution >= 4 is 0 Å². The minimum absolute atomic E-state index is 0.619. The SMILES string of the molecule is CC(C)C(C)NC1COC1. The summed E-state index contributed by atoms with van der Waals surface area (Å²) in [5.41, 5.74) is 0. The second-order valence-corrected chi connectivity index (χ2v) is 3.43. The van der Waals surface area contributed by atoms with Crippen LogP contribution in [0.4, 0.5) is 0 Å². The first kappa shape index (κ1) is 8.02. The van der Waals surface area contributed by atoms with Gasteiger partial charge in [0.05, 0.1) is 19.3 Å². The summed E-state index contributed by atoms with van der Waals surface area (Å²) in [6, 6.07) is 1.24. The highest BCUT2D eigenvalue weighted by Crippen LogP contribution is 2.05. The summed E-state index contributed by atoms with van der Waals surface area (Å²) in [6.07, 6.45) is 0. The molecule has 60 valence electrons. The molecule has 1 aliphatic rings. The molecule has 0 aromatic heterocycles. The van der Waals surface area contributed by atoms with Crippen molar-refractivity contribution in [1.29, 1.82) is 0 Å². The molecule has 0 aromatic rings. The zero-order valence-electron chi connectivity index (χ0n) is 7.05. The first-order valence-corrected chi connectivity index (χ1v) is 4.04. The van der Waals surface area contributed by atoms with Crippen molar-refractivity contribution < 1.29 is 4.74 Å². The highest BCUT2D eigenvalue weighted by atomic mass is 16.5. The van der Waals surface area contributed by atoms with Crippen LogP contribution in [0.3, 0.4) is 0 Å². The molecule has 1 fully saturated rings. The van der Waals surface area contributed by atoms with Gasteiger partial charge >= 0.3 is 0 Å². The van der Waals surface area contributed by atoms with Crippen molar-refractivity contribution in [3.8, 4) is 0 Å². The molecule has 1 saturated heterocycles. The molecule has 1 N–H and O–H groups in total. The minimum atomic E-state index is 0.619. The first-order chi connectivity index (χ1) is 4.70. The summed E-state index contributed by atoms with van der Waals surface area (Å²) >= 11 is 0. The Morgan fingerprint density at radius 1 is 1.30 bits per heavy atom. The molecule has 1 heterocycles. The van der Waals surface area contributed by atoms with Gasteiger partial charge in [-0.05, 0) is 12.8 Å². The van der Waals surface area contributed by atoms with Gasteiger partial charge in [0.25, 0.3) is 0 Å². The van der Waals surface area contributed by atoms with Gasteiger partial charge in [0.2, 0.25) is 0 Å². The third kappa shape index (κ3) is 1.96. The highest BCUT2D eigenvalue weighted by molar-refractivity contribution is 4.77. The third-order valence-electron chi connectivity index (χ3n) is 2.14. The molecule has 1 aliphatic heterocycles. The Bertz CT molecular complexity index is 99.4. The van der Waals surface area contributed by atoms with E-state index in [1.54, 1.807) is 0 Å². The van der Waals surface area contributed by atoms with Gasteiger partial charge < -0.3 is 10.1 Å². The van der Waals surface area contributed by atoms with E-state index < -0.39 is 0 Å². The van der Waals surface area contributed by atoms with E-state index >= 15 is 0 Å². The van der Waals surface area contributed by atoms with Crippen LogP contribution < -0.4 is 5.32 Å². The first-order valence-electron chi connectivity index (χ1n) is 4.04. The van der Waals surface area contributed by atoms with Gasteiger partial charge in [-0.25, -0.2) is 0 Å². The number of hydrogen-bond donors (Lipinski definition) is 1. The molecule has 1 unspecified atom stereocenters. The molecule has 0 aromatic carbocycles. The monoisotopic (exact) mass is 143 g/mol. The van der Waals surface area contributed by atoms with Crippen LogP contribution in [0.1, 0.15) is 20.8 Å². The van der Waals surface area contributed by atoms with Crippen molar-refractivity contribution in [3.63, 3.8) is 0 Å². The number of rotatable bonds is 3. The van der Waals surface area contributed by atoms with Gasteiger partial charge in [-0.3, -0.25) is 0 Å². The van der Waals surface area contributed by atoms with Gasteiger partial charge in [0, 0.05) is 6.04 Å². The van der Waals surface area contributed by atoms with Crippen molar-refractivity contribution in [2.45, 2.75) is 32.9 Å². The van der Waals surface area contributed by atoms with E-state index in [2.05, 4.69) is 26.1 Å². The molecular weight excluding hydrogens is 126 g/mol. The van der Waals surface area contributed by atoms with Gasteiger partial charge in [-0.2, -0.15) is 0 Å². The predicted octanol–water partition coefficient (Wildman–Crippen LogP) is 1.02. The smallest absolute Gasteiger partial charge is 0.0643 e. The van der Waals surface area contributed by atoms with E-state index in [9.17, 15) is 0 Å². The Morgan fingerprint density at radius 3 is 2.20 bits per heavy atom. The lowest BCUT2D eigenvalue weighted by molar-refractivity contribution is -0.0113. The number of ether oxygens (including phenoxy) is 1. The molecule has 0 radical (unpaired) electrons. The van der Waals surface area contributed by atoms with Crippen molar-refractivity contribution in [2.24, 2.45) is 5.92 Å². The van der Waals surface area contributed by atoms with Crippen molar-refractivity contribution in [1.82, 2.24) is 5.32 Å². The molecule has 10 heavy (non-hydrogen) atoms. The summed E-state index contributed by atoms with van der Waals surface area (Å²) in [7, 11) is 0. The zero-order valence-corrected chi connectivity index (χ0v) is 7.05. The van der Waals surface area contributed by atoms with Crippen LogP contribution in [0, 0.1) is 5.92 Å². The maximum atomic E-state index is 5.05. The Kier molecular flexibility index (Phi) is 2.69. The maximum Gasteiger partial charge on any atom is 0.0643 e. The zero-order chi connectivity index (χ0) is 7.56. The lowest BCUT2D eigenvalue weighted by atomic mass is 10.1. The molecular formula is C8H17NO. The lowest BCUT2D eigenvalue weighted by Gasteiger charge is -2.31. The van der Waals surface area contributed by atoms with E-state index in [-0.39, 0.29) is 0 Å². The van der Waals surface area contributed by atoms with Crippen LogP contribution in [0.5, 0.6) is 0 Å². The molecule has 1 atom stereocenters. The van der Waals surface area contributed by atoms with Crippen molar-refractivity contribution in [2.75, 3.05) is 13.2 Å². The molecule has 0 spiro atoms. The van der Waals surface area contributed by atoms with Gasteiger partial charge in [-0.1, -0.05) is 13.8 Å². The summed E-state index contributed by atoms with van der Waals surface area (Å²) in [6.45, 7) is 8.49. The van der Waals surface area contributed by atoms with Crippen LogP contribution in [0.2, 0.25) is 0 Å². The van der Waals surface area contributed by atoms with Gasteiger partial charge in [0.1, 0.15) is 0 Å². The predicted molar refractivity (Wildman–Crippen MR) is 42.0 cm³/mol. The summed E-state index contributed by atoms with van der Waals surface area (Å²) in [5.74, 6) is 0.723. The molecule has 1 rings (SSSR count). The quantitative estimate of drug-likeness (QED) is 0.637. The second kappa shape index (κ2) is 3.35. The Labute approximate surface area is 63.0 Å². The van der Waals surface area contributed by atoms with E-state index in [1.165, 1.54) is 0 Å². The molecule has 0 saturated carbocycles. The maximum absolute atomic E-state index is 5.05. The minimum Gasteiger partial charge on any atom is -0.378 e. The standard InChI is InChI=1S/C8H17NO/c1-6(2)7(3)9-8-4-10-5-8/h6-9H,4-5H2,1-3H3. The molecule has 0 amide bonds. The van der Waals surface area contributed by atoms with Crippen LogP contribution >= 0.6 is 0 Å². The van der Waals surface area contributed by atoms with Crippen LogP contribution in [0.25, 0.3) is 0 Å². The number of hydrogen-bond acceptors (Lipinski definition) is 2. The highest BCUT2D eigenvalue weighted by Gasteiger charge is 2.20. The normalized spacial score (nSPS) is 22.8. The number of nitrogens with one attached hydrogen (secondary N) is 1. The Hall–Kier alpha value is -0.0800. The Morgan fingerprint density at radius 2 is 1.90 bits per heavy atom. The van der Waals surface area contributed by atoms with E-state index in [4.69, 9.17) is 4.74 Å². The fourth-order valence-corrected chi connectivity index (χ4v) is 0.896. The largest absolute Gasteiger partial charge is 0.378 e. The van der Waals surface area contributed by atoms with Crippen molar-refractivity contribution in [3.05, 3.63) is 0 Å². The summed E-state index contributed by atoms with van der Waals surface area (Å²) in [4.78, 5) is 0. The lowest BCUT2D eigenvalue weighted by Crippen LogP contribution is -2.50. The molecule has 0 aliphatic carbocycles. The summed E-state index contributed by atoms with van der Waals surface area (Å²) in [5, 5.41) is 3.49. The third-order valence-corrected chi connectivity index (χ3v) is 2.14. The molecule has 0 bridgehead atoms. The van der Waals surface area contributed by atoms with Crippen LogP contribution in [-0.2, 0) is 4.74 Å². The fourth-order valence-electron chi connectivity index (χ4n) is 0.896. The Balaban J connectivity index is 2.10. The second-order valence-electron chi connectivity index (χ2n) is 3.43. The molecule has 2 heteroatoms. The van der Waals surface area contributed by atoms with Gasteiger partial charge in [0.15, 0.2) is 0 Å². The van der Waals surface area contributed by atoms with E-state index in [1.807, 2.05) is 0 Å². The van der Waals surface area contributed by atoms with Crippen LogP contribution in [0.15, 0.2) is 0 Å². The van der Waals surface area contributed by atoms with E-state index in [0.717, 1.165) is 19.1 Å². The van der Waals surface area contributed by atoms with E-state index in [0.29, 0.717) is 12.1 Å². The average molecular weight is 143 g/mol. The van der Waals surface area contributed by atoms with Gasteiger partial charge in [-0.15, -0.1) is 0 Å². The topological polar surface area (TPSA) is 21.3 Å². The molecule has 2 nitrogen and oxygen atoms in total. The fraction of sp³-hybridized carbons (Fsp3) is 1.00.